The molecule has 1 spiro atoms. The molecule has 0 bridgehead atoms. The van der Waals surface area contributed by atoms with Crippen LogP contribution in [0.1, 0.15) is 19.3 Å². The number of anilines is 1. The second kappa shape index (κ2) is 12.8. The van der Waals surface area contributed by atoms with Crippen molar-refractivity contribution in [2.24, 2.45) is 11.3 Å². The largest absolute Gasteiger partial charge is 0.493 e. The number of aromatic nitrogens is 2. The minimum Gasteiger partial charge on any atom is -0.493 e. The van der Waals surface area contributed by atoms with Crippen molar-refractivity contribution in [3.8, 4) is 23.1 Å². The monoisotopic (exact) mass is 611 g/mol. The summed E-state index contributed by atoms with van der Waals surface area (Å²) in [4.78, 5) is 35.6. The van der Waals surface area contributed by atoms with E-state index in [0.29, 0.717) is 70.4 Å². The molecule has 13 heteroatoms. The van der Waals surface area contributed by atoms with Crippen LogP contribution >= 0.6 is 11.6 Å². The van der Waals surface area contributed by atoms with Gasteiger partial charge in [0.05, 0.1) is 68.2 Å². The zero-order chi connectivity index (χ0) is 29.8. The van der Waals surface area contributed by atoms with Crippen molar-refractivity contribution in [1.82, 2.24) is 20.2 Å². The zero-order valence-corrected chi connectivity index (χ0v) is 24.7. The third kappa shape index (κ3) is 6.71. The number of nitrogens with one attached hydrogen (secondary N) is 2. The van der Waals surface area contributed by atoms with E-state index >= 15 is 0 Å². The molecule has 228 valence electrons. The molecular formula is C30H34ClN5O7. The molecule has 2 N–H and O–H groups in total. The summed E-state index contributed by atoms with van der Waals surface area (Å²) in [6.45, 7) is 5.21. The SMILES string of the molecule is COc1cc2c(Oc3ccc(NC(=O)NCC4COC4)c(Cl)c3)ncnc2cc1OCCC(=O)N1CCC2(CC1)COC2. The van der Waals surface area contributed by atoms with Gasteiger partial charge >= 0.3 is 6.03 Å². The molecule has 43 heavy (non-hydrogen) atoms. The summed E-state index contributed by atoms with van der Waals surface area (Å²) in [5, 5.41) is 6.46. The van der Waals surface area contributed by atoms with E-state index in [9.17, 15) is 9.59 Å². The fourth-order valence-corrected chi connectivity index (χ4v) is 5.51. The first-order valence-corrected chi connectivity index (χ1v) is 14.7. The fraction of sp³-hybridized carbons (Fsp3) is 0.467. The fourth-order valence-electron chi connectivity index (χ4n) is 5.29. The number of fused-ring (bicyclic) bond motifs is 1. The van der Waals surface area contributed by atoms with E-state index in [2.05, 4.69) is 20.6 Å². The summed E-state index contributed by atoms with van der Waals surface area (Å²) in [6, 6.07) is 8.07. The zero-order valence-electron chi connectivity index (χ0n) is 23.9. The van der Waals surface area contributed by atoms with Crippen LogP contribution < -0.4 is 24.8 Å². The first-order chi connectivity index (χ1) is 20.9. The number of rotatable bonds is 10. The van der Waals surface area contributed by atoms with Crippen molar-refractivity contribution in [2.75, 3.05) is 65.1 Å². The number of urea groups is 1. The second-order valence-electron chi connectivity index (χ2n) is 11.2. The Balaban J connectivity index is 1.07. The summed E-state index contributed by atoms with van der Waals surface area (Å²) in [5.74, 6) is 2.07. The van der Waals surface area contributed by atoms with Crippen molar-refractivity contribution in [1.29, 1.82) is 0 Å². The predicted molar refractivity (Wildman–Crippen MR) is 158 cm³/mol. The quantitative estimate of drug-likeness (QED) is 0.345. The Morgan fingerprint density at radius 2 is 1.91 bits per heavy atom. The lowest BCUT2D eigenvalue weighted by Gasteiger charge is -2.47. The summed E-state index contributed by atoms with van der Waals surface area (Å²) in [5.41, 5.74) is 1.31. The third-order valence-electron chi connectivity index (χ3n) is 8.11. The number of carbonyl (C=O) groups excluding carboxylic acids is 2. The number of carbonyl (C=O) groups is 2. The molecule has 1 aromatic heterocycles. The third-order valence-corrected chi connectivity index (χ3v) is 8.43. The number of hydrogen-bond donors (Lipinski definition) is 2. The lowest BCUT2D eigenvalue weighted by Crippen LogP contribution is -2.52. The van der Waals surface area contributed by atoms with Crippen LogP contribution in [0.5, 0.6) is 23.1 Å². The molecule has 2 aromatic carbocycles. The van der Waals surface area contributed by atoms with Gasteiger partial charge in [-0.3, -0.25) is 4.79 Å². The van der Waals surface area contributed by atoms with Crippen LogP contribution in [0.25, 0.3) is 10.9 Å². The summed E-state index contributed by atoms with van der Waals surface area (Å²) in [6.07, 6.45) is 3.64. The Morgan fingerprint density at radius 1 is 1.09 bits per heavy atom. The van der Waals surface area contributed by atoms with Gasteiger partial charge < -0.3 is 39.2 Å². The minimum absolute atomic E-state index is 0.0807. The van der Waals surface area contributed by atoms with Crippen molar-refractivity contribution in [3.05, 3.63) is 41.7 Å². The number of hydrogen-bond acceptors (Lipinski definition) is 9. The molecule has 3 aliphatic rings. The maximum absolute atomic E-state index is 12.8. The molecule has 3 amide bonds. The van der Waals surface area contributed by atoms with Crippen LogP contribution in [-0.4, -0.2) is 86.6 Å². The molecule has 0 radical (unpaired) electrons. The molecular weight excluding hydrogens is 578 g/mol. The van der Waals surface area contributed by atoms with Gasteiger partial charge in [-0.15, -0.1) is 0 Å². The number of ether oxygens (including phenoxy) is 5. The van der Waals surface area contributed by atoms with Crippen molar-refractivity contribution in [2.45, 2.75) is 19.3 Å². The van der Waals surface area contributed by atoms with Crippen LogP contribution in [0.3, 0.4) is 0 Å². The minimum atomic E-state index is -0.345. The van der Waals surface area contributed by atoms with Gasteiger partial charge in [0, 0.05) is 43.1 Å². The second-order valence-corrected chi connectivity index (χ2v) is 11.6. The normalized spacial score (nSPS) is 17.6. The van der Waals surface area contributed by atoms with Gasteiger partial charge in [-0.1, -0.05) is 11.6 Å². The van der Waals surface area contributed by atoms with Gasteiger partial charge in [0.25, 0.3) is 0 Å². The van der Waals surface area contributed by atoms with Gasteiger partial charge in [-0.05, 0) is 31.0 Å². The highest BCUT2D eigenvalue weighted by Crippen LogP contribution is 2.39. The molecule has 3 aromatic rings. The van der Waals surface area contributed by atoms with Crippen LogP contribution in [0.2, 0.25) is 5.02 Å². The van der Waals surface area contributed by atoms with Crippen molar-refractivity contribution < 1.29 is 33.3 Å². The molecule has 3 saturated heterocycles. The Bertz CT molecular complexity index is 1490. The van der Waals surface area contributed by atoms with Gasteiger partial charge in [0.2, 0.25) is 11.8 Å². The van der Waals surface area contributed by atoms with E-state index in [4.69, 9.17) is 35.3 Å². The summed E-state index contributed by atoms with van der Waals surface area (Å²) >= 11 is 6.43. The number of nitrogens with zero attached hydrogens (tertiary/aromatic N) is 3. The molecule has 0 saturated carbocycles. The van der Waals surface area contributed by atoms with Gasteiger partial charge in [0.1, 0.15) is 12.1 Å². The number of piperidine rings is 1. The van der Waals surface area contributed by atoms with E-state index < -0.39 is 0 Å². The van der Waals surface area contributed by atoms with Crippen LogP contribution in [0, 0.1) is 11.3 Å². The predicted octanol–water partition coefficient (Wildman–Crippen LogP) is 4.26. The van der Waals surface area contributed by atoms with Crippen LogP contribution in [0.4, 0.5) is 10.5 Å². The molecule has 12 nitrogen and oxygen atoms in total. The first kappa shape index (κ1) is 29.2. The Hall–Kier alpha value is -3.87. The van der Waals surface area contributed by atoms with Crippen LogP contribution in [0.15, 0.2) is 36.7 Å². The molecule has 0 aliphatic carbocycles. The van der Waals surface area contributed by atoms with Crippen LogP contribution in [-0.2, 0) is 14.3 Å². The highest BCUT2D eigenvalue weighted by atomic mass is 35.5. The van der Waals surface area contributed by atoms with E-state index in [-0.39, 0.29) is 30.4 Å². The maximum atomic E-state index is 12.8. The average molecular weight is 612 g/mol. The molecule has 4 heterocycles. The van der Waals surface area contributed by atoms with Gasteiger partial charge in [-0.2, -0.15) is 0 Å². The topological polar surface area (TPSA) is 133 Å². The van der Waals surface area contributed by atoms with Gasteiger partial charge in [-0.25, -0.2) is 14.8 Å². The highest BCUT2D eigenvalue weighted by molar-refractivity contribution is 6.33. The van der Waals surface area contributed by atoms with E-state index in [1.54, 1.807) is 37.4 Å². The number of methoxy groups -OCH3 is 1. The molecule has 6 rings (SSSR count). The number of likely N-dealkylation sites (tertiary alicyclic amines) is 1. The van der Waals surface area contributed by atoms with E-state index in [1.807, 2.05) is 4.90 Å². The number of halogens is 1. The van der Waals surface area contributed by atoms with Crippen molar-refractivity contribution in [3.63, 3.8) is 0 Å². The lowest BCUT2D eigenvalue weighted by molar-refractivity contribution is -0.153. The van der Waals surface area contributed by atoms with Gasteiger partial charge in [0.15, 0.2) is 11.5 Å². The Labute approximate surface area is 253 Å². The Morgan fingerprint density at radius 3 is 2.58 bits per heavy atom. The van der Waals surface area contributed by atoms with E-state index in [1.165, 1.54) is 6.33 Å². The Kier molecular flexibility index (Phi) is 8.68. The smallest absolute Gasteiger partial charge is 0.319 e. The first-order valence-electron chi connectivity index (χ1n) is 14.3. The van der Waals surface area contributed by atoms with Crippen molar-refractivity contribution >= 4 is 40.1 Å². The average Bonchev–Trinajstić information content (AvgIpc) is 2.96. The molecule has 3 aliphatic heterocycles. The molecule has 0 unspecified atom stereocenters. The highest BCUT2D eigenvalue weighted by Gasteiger charge is 2.41. The number of amides is 3. The lowest BCUT2D eigenvalue weighted by atomic mass is 9.77. The molecule has 3 fully saturated rings. The summed E-state index contributed by atoms with van der Waals surface area (Å²) in [7, 11) is 1.54. The maximum Gasteiger partial charge on any atom is 0.319 e. The molecule has 0 atom stereocenters. The summed E-state index contributed by atoms with van der Waals surface area (Å²) < 4.78 is 28.1. The standard InChI is InChI=1S/C30H34ClN5O7/c1-39-25-11-21-24(12-26(25)42-9-4-27(37)36-7-5-30(6-8-36)16-41-17-30)33-18-34-28(21)43-20-2-3-23(22(31)10-20)35-29(38)32-13-19-14-40-15-19/h2-3,10-12,18-19H,4-9,13-17H2,1H3,(H2,32,35,38). The van der Waals surface area contributed by atoms with E-state index in [0.717, 1.165) is 39.1 Å². The number of benzene rings is 2.